The lowest BCUT2D eigenvalue weighted by atomic mass is 9.97. The number of aromatic nitrogens is 1. The Hall–Kier alpha value is -2.95. The SMILES string of the molecule is CN1CCC(C(O)OCn2c(=O)ccc3ccc(OCCCCN4CCN(c5cccc6sccc56)CC4)cc32)CC1. The number of nitrogens with zero attached hydrogens (tertiary/aromatic N) is 4. The second-order valence-corrected chi connectivity index (χ2v) is 12.6. The molecule has 2 aliphatic heterocycles. The number of pyridine rings is 1. The van der Waals surface area contributed by atoms with Crippen LogP contribution in [0, 0.1) is 5.92 Å². The molecule has 2 aromatic carbocycles. The van der Waals surface area contributed by atoms with Gasteiger partial charge in [-0.15, -0.1) is 11.3 Å². The largest absolute Gasteiger partial charge is 0.494 e. The average molecular weight is 591 g/mol. The van der Waals surface area contributed by atoms with Crippen molar-refractivity contribution in [1.82, 2.24) is 14.4 Å². The lowest BCUT2D eigenvalue weighted by molar-refractivity contribution is -0.164. The average Bonchev–Trinajstić information content (AvgIpc) is 3.50. The Morgan fingerprint density at radius 2 is 1.79 bits per heavy atom. The number of aliphatic hydroxyl groups excluding tert-OH is 1. The van der Waals surface area contributed by atoms with Crippen molar-refractivity contribution < 1.29 is 14.6 Å². The summed E-state index contributed by atoms with van der Waals surface area (Å²) in [5.74, 6) is 0.838. The summed E-state index contributed by atoms with van der Waals surface area (Å²) >= 11 is 1.81. The molecule has 1 unspecified atom stereocenters. The van der Waals surface area contributed by atoms with E-state index in [1.807, 2.05) is 35.6 Å². The number of benzene rings is 2. The van der Waals surface area contributed by atoms with Gasteiger partial charge >= 0.3 is 0 Å². The molecule has 4 heterocycles. The van der Waals surface area contributed by atoms with E-state index < -0.39 is 6.29 Å². The smallest absolute Gasteiger partial charge is 0.252 e. The highest BCUT2D eigenvalue weighted by atomic mass is 32.1. The Bertz CT molecular complexity index is 1520. The molecule has 0 aliphatic carbocycles. The number of rotatable bonds is 11. The van der Waals surface area contributed by atoms with Crippen molar-refractivity contribution in [3.05, 3.63) is 70.3 Å². The summed E-state index contributed by atoms with van der Waals surface area (Å²) in [7, 11) is 2.09. The molecule has 2 saturated heterocycles. The molecule has 1 N–H and O–H groups in total. The van der Waals surface area contributed by atoms with Gasteiger partial charge in [0.2, 0.25) is 0 Å². The fraction of sp³-hybridized carbons (Fsp3) is 0.485. The highest BCUT2D eigenvalue weighted by Gasteiger charge is 2.24. The number of ether oxygens (including phenoxy) is 2. The monoisotopic (exact) mass is 590 g/mol. The van der Waals surface area contributed by atoms with Gasteiger partial charge in [0.15, 0.2) is 6.29 Å². The first-order valence-corrected chi connectivity index (χ1v) is 16.1. The molecule has 8 nitrogen and oxygen atoms in total. The summed E-state index contributed by atoms with van der Waals surface area (Å²) in [6.07, 6.45) is 2.96. The Labute approximate surface area is 251 Å². The maximum atomic E-state index is 12.7. The van der Waals surface area contributed by atoms with E-state index in [9.17, 15) is 9.90 Å². The Morgan fingerprint density at radius 3 is 2.62 bits per heavy atom. The third-order valence-electron chi connectivity index (χ3n) is 8.83. The second kappa shape index (κ2) is 13.6. The van der Waals surface area contributed by atoms with Crippen LogP contribution in [0.2, 0.25) is 0 Å². The second-order valence-electron chi connectivity index (χ2n) is 11.6. The molecule has 0 radical (unpaired) electrons. The van der Waals surface area contributed by atoms with Crippen molar-refractivity contribution in [3.8, 4) is 5.75 Å². The number of piperazine rings is 1. The zero-order valence-electron chi connectivity index (χ0n) is 24.5. The normalized spacial score (nSPS) is 18.2. The predicted molar refractivity (Wildman–Crippen MR) is 171 cm³/mol. The zero-order valence-corrected chi connectivity index (χ0v) is 25.3. The molecule has 1 atom stereocenters. The van der Waals surface area contributed by atoms with Crippen LogP contribution in [0.3, 0.4) is 0 Å². The molecular weight excluding hydrogens is 548 g/mol. The first-order valence-electron chi connectivity index (χ1n) is 15.2. The van der Waals surface area contributed by atoms with Gasteiger partial charge in [0.25, 0.3) is 5.56 Å². The molecule has 0 saturated carbocycles. The van der Waals surface area contributed by atoms with Crippen LogP contribution in [0.5, 0.6) is 5.75 Å². The van der Waals surface area contributed by atoms with Crippen molar-refractivity contribution in [2.24, 2.45) is 5.92 Å². The molecule has 9 heteroatoms. The van der Waals surface area contributed by atoms with Crippen LogP contribution < -0.4 is 15.2 Å². The number of thiophene rings is 1. The van der Waals surface area contributed by atoms with Crippen molar-refractivity contribution in [3.63, 3.8) is 0 Å². The van der Waals surface area contributed by atoms with Crippen LogP contribution in [0.1, 0.15) is 25.7 Å². The Morgan fingerprint density at radius 1 is 0.976 bits per heavy atom. The van der Waals surface area contributed by atoms with Crippen molar-refractivity contribution >= 4 is 38.0 Å². The molecule has 6 rings (SSSR count). The van der Waals surface area contributed by atoms with Crippen LogP contribution in [0.25, 0.3) is 21.0 Å². The molecule has 4 aromatic rings. The van der Waals surface area contributed by atoms with Gasteiger partial charge in [0.05, 0.1) is 12.1 Å². The summed E-state index contributed by atoms with van der Waals surface area (Å²) < 4.78 is 14.8. The first kappa shape index (κ1) is 29.1. The quantitative estimate of drug-likeness (QED) is 0.198. The molecule has 0 bridgehead atoms. The summed E-state index contributed by atoms with van der Waals surface area (Å²) in [4.78, 5) is 20.1. The molecule has 0 amide bonds. The highest BCUT2D eigenvalue weighted by molar-refractivity contribution is 7.17. The summed E-state index contributed by atoms with van der Waals surface area (Å²) in [6, 6.07) is 18.1. The van der Waals surface area contributed by atoms with Gasteiger partial charge in [-0.05, 0) is 99.5 Å². The van der Waals surface area contributed by atoms with E-state index in [2.05, 4.69) is 51.4 Å². The van der Waals surface area contributed by atoms with Gasteiger partial charge in [0, 0.05) is 60.0 Å². The zero-order chi connectivity index (χ0) is 28.9. The van der Waals surface area contributed by atoms with Crippen molar-refractivity contribution in [2.75, 3.05) is 64.4 Å². The third-order valence-corrected chi connectivity index (χ3v) is 9.71. The molecule has 0 spiro atoms. The molecule has 224 valence electrons. The third kappa shape index (κ3) is 6.82. The van der Waals surface area contributed by atoms with E-state index in [0.29, 0.717) is 6.61 Å². The number of fused-ring (bicyclic) bond motifs is 2. The number of piperidine rings is 1. The Balaban J connectivity index is 0.964. The molecule has 2 aliphatic rings. The van der Waals surface area contributed by atoms with E-state index in [-0.39, 0.29) is 18.2 Å². The lowest BCUT2D eigenvalue weighted by Gasteiger charge is -2.36. The van der Waals surface area contributed by atoms with Crippen molar-refractivity contribution in [1.29, 1.82) is 0 Å². The Kier molecular flexibility index (Phi) is 9.41. The maximum Gasteiger partial charge on any atom is 0.252 e. The van der Waals surface area contributed by atoms with E-state index >= 15 is 0 Å². The summed E-state index contributed by atoms with van der Waals surface area (Å²) in [5, 5.41) is 15.1. The maximum absolute atomic E-state index is 12.7. The minimum Gasteiger partial charge on any atom is -0.494 e. The molecular formula is C33H42N4O4S. The van der Waals surface area contributed by atoms with Crippen LogP contribution >= 0.6 is 11.3 Å². The van der Waals surface area contributed by atoms with Crippen molar-refractivity contribution in [2.45, 2.75) is 38.7 Å². The van der Waals surface area contributed by atoms with Gasteiger partial charge in [-0.1, -0.05) is 6.07 Å². The highest BCUT2D eigenvalue weighted by Crippen LogP contribution is 2.31. The van der Waals surface area contributed by atoms with Crippen LogP contribution in [-0.2, 0) is 11.5 Å². The minimum absolute atomic E-state index is 0.0167. The summed E-state index contributed by atoms with van der Waals surface area (Å²) in [6.45, 7) is 7.90. The fourth-order valence-electron chi connectivity index (χ4n) is 6.19. The predicted octanol–water partition coefficient (Wildman–Crippen LogP) is 4.83. The van der Waals surface area contributed by atoms with Gasteiger partial charge < -0.3 is 24.4 Å². The molecule has 2 fully saturated rings. The van der Waals surface area contributed by atoms with E-state index in [1.54, 1.807) is 10.6 Å². The number of hydrogen-bond acceptors (Lipinski definition) is 8. The van der Waals surface area contributed by atoms with E-state index in [4.69, 9.17) is 9.47 Å². The van der Waals surface area contributed by atoms with Gasteiger partial charge in [0.1, 0.15) is 12.5 Å². The van der Waals surface area contributed by atoms with E-state index in [0.717, 1.165) is 88.1 Å². The van der Waals surface area contributed by atoms with Gasteiger partial charge in [-0.25, -0.2) is 0 Å². The molecule has 2 aromatic heterocycles. The number of hydrogen-bond donors (Lipinski definition) is 1. The van der Waals surface area contributed by atoms with Gasteiger partial charge in [-0.2, -0.15) is 0 Å². The van der Waals surface area contributed by atoms with Gasteiger partial charge in [-0.3, -0.25) is 14.3 Å². The van der Waals surface area contributed by atoms with E-state index in [1.165, 1.54) is 15.8 Å². The minimum atomic E-state index is -0.876. The fourth-order valence-corrected chi connectivity index (χ4v) is 6.99. The number of anilines is 1. The number of likely N-dealkylation sites (tertiary alicyclic amines) is 1. The van der Waals surface area contributed by atoms with Crippen LogP contribution in [-0.4, -0.2) is 85.2 Å². The topological polar surface area (TPSA) is 70.4 Å². The van der Waals surface area contributed by atoms with Crippen LogP contribution in [0.4, 0.5) is 5.69 Å². The first-order chi connectivity index (χ1) is 20.5. The summed E-state index contributed by atoms with van der Waals surface area (Å²) in [5.41, 5.74) is 1.97. The standard InChI is InChI=1S/C33H42N4O4S/c1-34-15-11-26(12-16-34)33(39)41-24-37-30-23-27(9-7-25(30)8-10-32(37)38)40-21-3-2-14-35-17-19-36(20-18-35)29-5-4-6-31-28(29)13-22-42-31/h4-10,13,22-23,26,33,39H,2-3,11-12,14-21,24H2,1H3. The number of unbranched alkanes of at least 4 members (excludes halogenated alkanes) is 1. The van der Waals surface area contributed by atoms with Crippen LogP contribution in [0.15, 0.2) is 64.8 Å². The molecule has 42 heavy (non-hydrogen) atoms. The number of aliphatic hydroxyl groups is 1. The lowest BCUT2D eigenvalue weighted by Crippen LogP contribution is -2.46.